The highest BCUT2D eigenvalue weighted by Gasteiger charge is 2.20. The molecule has 16 heavy (non-hydrogen) atoms. The molecule has 0 aliphatic carbocycles. The fourth-order valence-corrected chi connectivity index (χ4v) is 2.17. The lowest BCUT2D eigenvalue weighted by Crippen LogP contribution is -2.43. The van der Waals surface area contributed by atoms with E-state index in [1.807, 2.05) is 11.9 Å². The number of hydrogen-bond acceptors (Lipinski definition) is 4. The van der Waals surface area contributed by atoms with Gasteiger partial charge in [0.1, 0.15) is 6.04 Å². The van der Waals surface area contributed by atoms with Crippen LogP contribution in [0.1, 0.15) is 12.8 Å². The van der Waals surface area contributed by atoms with Crippen molar-refractivity contribution < 1.29 is 9.90 Å². The van der Waals surface area contributed by atoms with Crippen LogP contribution in [0.2, 0.25) is 0 Å². The average Bonchev–Trinajstić information content (AvgIpc) is 2.21. The normalized spacial score (nSPS) is 21.2. The van der Waals surface area contributed by atoms with Crippen molar-refractivity contribution in [3.05, 3.63) is 0 Å². The molecular weight excluding hydrogens is 206 g/mol. The van der Waals surface area contributed by atoms with Gasteiger partial charge in [-0.05, 0) is 45.9 Å². The van der Waals surface area contributed by atoms with Crippen molar-refractivity contribution in [1.29, 1.82) is 0 Å². The van der Waals surface area contributed by atoms with E-state index < -0.39 is 12.0 Å². The van der Waals surface area contributed by atoms with Gasteiger partial charge in [0.2, 0.25) is 0 Å². The fourth-order valence-electron chi connectivity index (χ4n) is 2.17. The summed E-state index contributed by atoms with van der Waals surface area (Å²) in [6, 6.07) is -0.767. The second kappa shape index (κ2) is 6.18. The number of aliphatic carboxylic acids is 1. The molecule has 0 spiro atoms. The lowest BCUT2D eigenvalue weighted by molar-refractivity contribution is -0.138. The van der Waals surface area contributed by atoms with Crippen molar-refractivity contribution in [3.63, 3.8) is 0 Å². The molecule has 0 bridgehead atoms. The number of nitrogens with zero attached hydrogens (tertiary/aromatic N) is 2. The van der Waals surface area contributed by atoms with Crippen molar-refractivity contribution >= 4 is 5.97 Å². The van der Waals surface area contributed by atoms with Crippen LogP contribution in [0.15, 0.2) is 0 Å². The number of carboxylic acid groups (broad SMARTS) is 1. The molecule has 0 aromatic carbocycles. The van der Waals surface area contributed by atoms with Gasteiger partial charge in [-0.1, -0.05) is 0 Å². The van der Waals surface area contributed by atoms with Gasteiger partial charge in [0.25, 0.3) is 0 Å². The summed E-state index contributed by atoms with van der Waals surface area (Å²) in [7, 11) is 4.08. The molecule has 3 N–H and O–H groups in total. The minimum atomic E-state index is -0.921. The molecule has 0 radical (unpaired) electrons. The highest BCUT2D eigenvalue weighted by atomic mass is 16.4. The Hall–Kier alpha value is -0.650. The molecule has 1 aliphatic heterocycles. The van der Waals surface area contributed by atoms with Gasteiger partial charge in [-0.2, -0.15) is 0 Å². The zero-order chi connectivity index (χ0) is 12.1. The maximum atomic E-state index is 10.6. The smallest absolute Gasteiger partial charge is 0.321 e. The van der Waals surface area contributed by atoms with Crippen LogP contribution in [0.5, 0.6) is 0 Å². The molecule has 1 saturated heterocycles. The molecule has 0 aromatic heterocycles. The summed E-state index contributed by atoms with van der Waals surface area (Å²) >= 11 is 0. The van der Waals surface area contributed by atoms with Crippen molar-refractivity contribution in [2.24, 2.45) is 11.7 Å². The van der Waals surface area contributed by atoms with Gasteiger partial charge in [0.15, 0.2) is 0 Å². The fraction of sp³-hybridized carbons (Fsp3) is 0.909. The SMILES string of the molecule is CN1CCC(CN(C)CC(N)C(=O)O)CC1. The largest absolute Gasteiger partial charge is 0.480 e. The van der Waals surface area contributed by atoms with E-state index in [1.165, 1.54) is 12.8 Å². The Bertz CT molecular complexity index is 227. The van der Waals surface area contributed by atoms with E-state index in [2.05, 4.69) is 11.9 Å². The summed E-state index contributed by atoms with van der Waals surface area (Å²) in [5, 5.41) is 8.71. The van der Waals surface area contributed by atoms with Crippen LogP contribution in [-0.2, 0) is 4.79 Å². The second-order valence-electron chi connectivity index (χ2n) is 4.91. The zero-order valence-electron chi connectivity index (χ0n) is 10.2. The Morgan fingerprint density at radius 2 is 2.12 bits per heavy atom. The van der Waals surface area contributed by atoms with Gasteiger partial charge in [-0.15, -0.1) is 0 Å². The van der Waals surface area contributed by atoms with Crippen LogP contribution in [0, 0.1) is 5.92 Å². The van der Waals surface area contributed by atoms with Crippen LogP contribution in [0.25, 0.3) is 0 Å². The van der Waals surface area contributed by atoms with E-state index in [9.17, 15) is 4.79 Å². The molecule has 0 aromatic rings. The van der Waals surface area contributed by atoms with Gasteiger partial charge >= 0.3 is 5.97 Å². The minimum absolute atomic E-state index is 0.432. The molecule has 94 valence electrons. The summed E-state index contributed by atoms with van der Waals surface area (Å²) in [5.74, 6) is -0.238. The Kier molecular flexibility index (Phi) is 5.18. The van der Waals surface area contributed by atoms with E-state index in [-0.39, 0.29) is 0 Å². The highest BCUT2D eigenvalue weighted by molar-refractivity contribution is 5.73. The second-order valence-corrected chi connectivity index (χ2v) is 4.91. The molecule has 0 amide bonds. The number of likely N-dealkylation sites (tertiary alicyclic amines) is 1. The number of rotatable bonds is 5. The van der Waals surface area contributed by atoms with Gasteiger partial charge in [-0.25, -0.2) is 0 Å². The van der Waals surface area contributed by atoms with Crippen LogP contribution < -0.4 is 5.73 Å². The zero-order valence-corrected chi connectivity index (χ0v) is 10.2. The summed E-state index contributed by atoms with van der Waals surface area (Å²) in [6.07, 6.45) is 2.40. The van der Waals surface area contributed by atoms with E-state index in [0.29, 0.717) is 12.5 Å². The number of carbonyl (C=O) groups is 1. The van der Waals surface area contributed by atoms with Gasteiger partial charge < -0.3 is 20.6 Å². The Labute approximate surface area is 97.2 Å². The summed E-state index contributed by atoms with van der Waals surface area (Å²) in [5.41, 5.74) is 5.50. The molecule has 1 rings (SSSR count). The molecule has 1 atom stereocenters. The monoisotopic (exact) mass is 229 g/mol. The third-order valence-electron chi connectivity index (χ3n) is 3.23. The average molecular weight is 229 g/mol. The van der Waals surface area contributed by atoms with E-state index >= 15 is 0 Å². The minimum Gasteiger partial charge on any atom is -0.480 e. The van der Waals surface area contributed by atoms with Gasteiger partial charge in [0, 0.05) is 13.1 Å². The summed E-state index contributed by atoms with van der Waals surface area (Å²) < 4.78 is 0. The van der Waals surface area contributed by atoms with E-state index in [1.54, 1.807) is 0 Å². The van der Waals surface area contributed by atoms with Crippen LogP contribution in [0.3, 0.4) is 0 Å². The molecule has 1 heterocycles. The van der Waals surface area contributed by atoms with Crippen LogP contribution >= 0.6 is 0 Å². The third kappa shape index (κ3) is 4.47. The van der Waals surface area contributed by atoms with Crippen molar-refractivity contribution in [1.82, 2.24) is 9.80 Å². The van der Waals surface area contributed by atoms with E-state index in [4.69, 9.17) is 10.8 Å². The van der Waals surface area contributed by atoms with Crippen LogP contribution in [0.4, 0.5) is 0 Å². The first-order valence-electron chi connectivity index (χ1n) is 5.84. The Morgan fingerprint density at radius 1 is 1.56 bits per heavy atom. The van der Waals surface area contributed by atoms with Crippen molar-refractivity contribution in [2.75, 3.05) is 40.3 Å². The molecule has 1 unspecified atom stereocenters. The van der Waals surface area contributed by atoms with Crippen molar-refractivity contribution in [3.8, 4) is 0 Å². The number of hydrogen-bond donors (Lipinski definition) is 2. The highest BCUT2D eigenvalue weighted by Crippen LogP contribution is 2.16. The van der Waals surface area contributed by atoms with Crippen molar-refractivity contribution in [2.45, 2.75) is 18.9 Å². The first kappa shape index (κ1) is 13.4. The third-order valence-corrected chi connectivity index (χ3v) is 3.23. The number of piperidine rings is 1. The molecule has 5 nitrogen and oxygen atoms in total. The summed E-state index contributed by atoms with van der Waals surface area (Å²) in [6.45, 7) is 3.67. The molecule has 1 aliphatic rings. The molecule has 5 heteroatoms. The van der Waals surface area contributed by atoms with E-state index in [0.717, 1.165) is 19.6 Å². The standard InChI is InChI=1S/C11H23N3O2/c1-13-5-3-9(4-6-13)7-14(2)8-10(12)11(15)16/h9-10H,3-8,12H2,1-2H3,(H,15,16). The Morgan fingerprint density at radius 3 is 2.62 bits per heavy atom. The summed E-state index contributed by atoms with van der Waals surface area (Å²) in [4.78, 5) is 15.0. The topological polar surface area (TPSA) is 69.8 Å². The first-order valence-corrected chi connectivity index (χ1v) is 5.84. The number of likely N-dealkylation sites (N-methyl/N-ethyl adjacent to an activating group) is 1. The number of carboxylic acids is 1. The number of nitrogens with two attached hydrogens (primary N) is 1. The Balaban J connectivity index is 2.23. The molecule has 1 fully saturated rings. The first-order chi connectivity index (χ1) is 7.49. The maximum absolute atomic E-state index is 10.6. The predicted molar refractivity (Wildman–Crippen MR) is 63.3 cm³/mol. The van der Waals surface area contributed by atoms with Crippen LogP contribution in [-0.4, -0.2) is 67.2 Å². The molecular formula is C11H23N3O2. The lowest BCUT2D eigenvalue weighted by Gasteiger charge is -2.32. The maximum Gasteiger partial charge on any atom is 0.321 e. The van der Waals surface area contributed by atoms with Gasteiger partial charge in [-0.3, -0.25) is 4.79 Å². The lowest BCUT2D eigenvalue weighted by atomic mass is 9.96. The van der Waals surface area contributed by atoms with Gasteiger partial charge in [0.05, 0.1) is 0 Å². The quantitative estimate of drug-likeness (QED) is 0.675. The molecule has 0 saturated carbocycles. The predicted octanol–water partition coefficient (Wildman–Crippen LogP) is -0.328.